The van der Waals surface area contributed by atoms with E-state index in [0.29, 0.717) is 12.2 Å². The molecule has 0 aromatic carbocycles. The van der Waals surface area contributed by atoms with Crippen LogP contribution in [0.2, 0.25) is 0 Å². The van der Waals surface area contributed by atoms with Gasteiger partial charge in [-0.3, -0.25) is 0 Å². The van der Waals surface area contributed by atoms with Crippen molar-refractivity contribution < 1.29 is 19.0 Å². The highest BCUT2D eigenvalue weighted by Gasteiger charge is 2.24. The van der Waals surface area contributed by atoms with Crippen molar-refractivity contribution in [3.05, 3.63) is 12.7 Å². The first kappa shape index (κ1) is 17.5. The highest BCUT2D eigenvalue weighted by atomic mass is 16.6. The standard InChI is InChI=1S/C9H16O2.C9H14O2/c1-2-4-8(5-3-1)10-6-9-7-11-9;1-2-9(10)11-8-6-4-3-5-7-8/h8-9H,1-7H2;2,8H,1,3-7H2. The van der Waals surface area contributed by atoms with Gasteiger partial charge in [0.05, 0.1) is 19.3 Å². The maximum Gasteiger partial charge on any atom is 0.330 e. The molecule has 1 unspecified atom stereocenters. The van der Waals surface area contributed by atoms with E-state index >= 15 is 0 Å². The van der Waals surface area contributed by atoms with Gasteiger partial charge in [0.1, 0.15) is 12.2 Å². The van der Waals surface area contributed by atoms with Gasteiger partial charge < -0.3 is 14.2 Å². The van der Waals surface area contributed by atoms with E-state index in [-0.39, 0.29) is 12.1 Å². The average molecular weight is 310 g/mol. The summed E-state index contributed by atoms with van der Waals surface area (Å²) in [5.74, 6) is -0.281. The molecular weight excluding hydrogens is 280 g/mol. The number of ether oxygens (including phenoxy) is 3. The summed E-state index contributed by atoms with van der Waals surface area (Å²) in [6.45, 7) is 5.11. The Kier molecular flexibility index (Phi) is 7.95. The third-order valence-corrected chi connectivity index (χ3v) is 4.47. The van der Waals surface area contributed by atoms with Gasteiger partial charge in [-0.15, -0.1) is 0 Å². The Bertz CT molecular complexity index is 326. The van der Waals surface area contributed by atoms with Gasteiger partial charge in [-0.25, -0.2) is 4.79 Å². The molecule has 0 aromatic rings. The van der Waals surface area contributed by atoms with Gasteiger partial charge in [0.2, 0.25) is 0 Å². The van der Waals surface area contributed by atoms with Crippen molar-refractivity contribution in [1.29, 1.82) is 0 Å². The summed E-state index contributed by atoms with van der Waals surface area (Å²) in [5.41, 5.74) is 0. The minimum atomic E-state index is -0.281. The van der Waals surface area contributed by atoms with Gasteiger partial charge in [0.25, 0.3) is 0 Å². The third kappa shape index (κ3) is 7.41. The van der Waals surface area contributed by atoms with E-state index in [2.05, 4.69) is 6.58 Å². The van der Waals surface area contributed by atoms with Gasteiger partial charge in [-0.05, 0) is 38.5 Å². The minimum absolute atomic E-state index is 0.161. The van der Waals surface area contributed by atoms with Crippen molar-refractivity contribution in [2.45, 2.75) is 82.5 Å². The molecule has 0 spiro atoms. The highest BCUT2D eigenvalue weighted by Crippen LogP contribution is 2.22. The van der Waals surface area contributed by atoms with Crippen molar-refractivity contribution >= 4 is 5.97 Å². The predicted octanol–water partition coefficient (Wildman–Crippen LogP) is 3.78. The fraction of sp³-hybridized carbons (Fsp3) is 0.833. The Balaban J connectivity index is 0.000000160. The predicted molar refractivity (Wildman–Crippen MR) is 85.7 cm³/mol. The van der Waals surface area contributed by atoms with Crippen LogP contribution in [-0.4, -0.2) is 37.5 Å². The molecule has 0 N–H and O–H groups in total. The van der Waals surface area contributed by atoms with Crippen molar-refractivity contribution in [2.75, 3.05) is 13.2 Å². The summed E-state index contributed by atoms with van der Waals surface area (Å²) in [5, 5.41) is 0. The summed E-state index contributed by atoms with van der Waals surface area (Å²) in [6.07, 6.45) is 14.8. The molecular formula is C18H30O4. The quantitative estimate of drug-likeness (QED) is 0.440. The molecule has 2 saturated carbocycles. The largest absolute Gasteiger partial charge is 0.459 e. The van der Waals surface area contributed by atoms with E-state index in [1.54, 1.807) is 0 Å². The van der Waals surface area contributed by atoms with E-state index in [4.69, 9.17) is 14.2 Å². The van der Waals surface area contributed by atoms with Crippen LogP contribution < -0.4 is 0 Å². The first-order chi connectivity index (χ1) is 10.8. The van der Waals surface area contributed by atoms with E-state index < -0.39 is 0 Å². The Labute approximate surface area is 134 Å². The summed E-state index contributed by atoms with van der Waals surface area (Å²) >= 11 is 0. The number of hydrogen-bond donors (Lipinski definition) is 0. The molecule has 22 heavy (non-hydrogen) atoms. The molecule has 0 aromatic heterocycles. The molecule has 1 atom stereocenters. The third-order valence-electron chi connectivity index (χ3n) is 4.47. The zero-order valence-electron chi connectivity index (χ0n) is 13.6. The molecule has 1 saturated heterocycles. The summed E-state index contributed by atoms with van der Waals surface area (Å²) in [6, 6.07) is 0. The number of carbonyl (C=O) groups is 1. The minimum Gasteiger partial charge on any atom is -0.459 e. The fourth-order valence-corrected chi connectivity index (χ4v) is 3.03. The number of carbonyl (C=O) groups excluding carboxylic acids is 1. The lowest BCUT2D eigenvalue weighted by atomic mass is 9.98. The van der Waals surface area contributed by atoms with Crippen molar-refractivity contribution in [2.24, 2.45) is 0 Å². The second-order valence-corrected chi connectivity index (χ2v) is 6.45. The van der Waals surface area contributed by atoms with Crippen molar-refractivity contribution in [3.8, 4) is 0 Å². The maximum atomic E-state index is 10.7. The first-order valence-corrected chi connectivity index (χ1v) is 8.84. The Morgan fingerprint density at radius 1 is 1.00 bits per heavy atom. The molecule has 4 nitrogen and oxygen atoms in total. The van der Waals surface area contributed by atoms with E-state index in [1.807, 2.05) is 0 Å². The van der Waals surface area contributed by atoms with E-state index in [9.17, 15) is 4.79 Å². The van der Waals surface area contributed by atoms with E-state index in [0.717, 1.165) is 26.1 Å². The molecule has 1 heterocycles. The van der Waals surface area contributed by atoms with Gasteiger partial charge in [-0.1, -0.05) is 32.3 Å². The molecule has 3 rings (SSSR count). The van der Waals surface area contributed by atoms with Crippen LogP contribution in [0.1, 0.15) is 64.2 Å². The number of epoxide rings is 1. The van der Waals surface area contributed by atoms with Crippen LogP contribution in [0.4, 0.5) is 0 Å². The lowest BCUT2D eigenvalue weighted by molar-refractivity contribution is -0.144. The smallest absolute Gasteiger partial charge is 0.330 e. The zero-order chi connectivity index (χ0) is 15.6. The molecule has 0 amide bonds. The van der Waals surface area contributed by atoms with Gasteiger partial charge >= 0.3 is 5.97 Å². The topological polar surface area (TPSA) is 48.1 Å². The van der Waals surface area contributed by atoms with Crippen LogP contribution in [0.15, 0.2) is 12.7 Å². The Hall–Kier alpha value is -0.870. The monoisotopic (exact) mass is 310 g/mol. The Morgan fingerprint density at radius 3 is 2.05 bits per heavy atom. The highest BCUT2D eigenvalue weighted by molar-refractivity contribution is 5.81. The average Bonchev–Trinajstić information content (AvgIpc) is 3.40. The Morgan fingerprint density at radius 2 is 1.55 bits per heavy atom. The second kappa shape index (κ2) is 10.0. The lowest BCUT2D eigenvalue weighted by Gasteiger charge is -2.21. The molecule has 0 radical (unpaired) electrons. The van der Waals surface area contributed by atoms with Gasteiger partial charge in [0.15, 0.2) is 0 Å². The molecule has 3 aliphatic rings. The summed E-state index contributed by atoms with van der Waals surface area (Å²) in [4.78, 5) is 10.7. The van der Waals surface area contributed by atoms with Crippen molar-refractivity contribution in [1.82, 2.24) is 0 Å². The van der Waals surface area contributed by atoms with Crippen LogP contribution >= 0.6 is 0 Å². The van der Waals surface area contributed by atoms with Gasteiger partial charge in [0, 0.05) is 6.08 Å². The molecule has 4 heteroatoms. The van der Waals surface area contributed by atoms with Crippen LogP contribution in [0.3, 0.4) is 0 Å². The second-order valence-electron chi connectivity index (χ2n) is 6.45. The lowest BCUT2D eigenvalue weighted by Crippen LogP contribution is -2.19. The summed E-state index contributed by atoms with van der Waals surface area (Å²) < 4.78 is 15.8. The van der Waals surface area contributed by atoms with Crippen LogP contribution in [0.5, 0.6) is 0 Å². The molecule has 3 fully saturated rings. The SMILES string of the molecule is C1CCC(OCC2CO2)CC1.C=CC(=O)OC1CCCCC1. The number of hydrogen-bond acceptors (Lipinski definition) is 4. The van der Waals surface area contributed by atoms with Crippen LogP contribution in [0.25, 0.3) is 0 Å². The maximum absolute atomic E-state index is 10.7. The van der Waals surface area contributed by atoms with E-state index in [1.165, 1.54) is 57.4 Å². The fourth-order valence-electron chi connectivity index (χ4n) is 3.03. The van der Waals surface area contributed by atoms with Crippen molar-refractivity contribution in [3.63, 3.8) is 0 Å². The zero-order valence-corrected chi connectivity index (χ0v) is 13.6. The summed E-state index contributed by atoms with van der Waals surface area (Å²) in [7, 11) is 0. The molecule has 1 aliphatic heterocycles. The number of rotatable bonds is 5. The normalized spacial score (nSPS) is 25.7. The van der Waals surface area contributed by atoms with Crippen LogP contribution in [0, 0.1) is 0 Å². The molecule has 0 bridgehead atoms. The molecule has 126 valence electrons. The molecule has 2 aliphatic carbocycles. The first-order valence-electron chi connectivity index (χ1n) is 8.84. The van der Waals surface area contributed by atoms with Crippen LogP contribution in [-0.2, 0) is 19.0 Å². The number of esters is 1. The van der Waals surface area contributed by atoms with Gasteiger partial charge in [-0.2, -0.15) is 0 Å².